The summed E-state index contributed by atoms with van der Waals surface area (Å²) >= 11 is 5.78. The first-order valence-corrected chi connectivity index (χ1v) is 10.8. The van der Waals surface area contributed by atoms with E-state index in [9.17, 15) is 4.39 Å². The van der Waals surface area contributed by atoms with E-state index in [0.717, 1.165) is 33.8 Å². The third kappa shape index (κ3) is 3.78. The van der Waals surface area contributed by atoms with Crippen LogP contribution in [-0.4, -0.2) is 10.1 Å². The van der Waals surface area contributed by atoms with Gasteiger partial charge in [0.1, 0.15) is 23.4 Å². The Labute approximate surface area is 191 Å². The summed E-state index contributed by atoms with van der Waals surface area (Å²) in [6.07, 6.45) is 1.78. The van der Waals surface area contributed by atoms with Crippen molar-refractivity contribution in [1.29, 1.82) is 0 Å². The molecule has 0 bridgehead atoms. The minimum Gasteiger partial charge on any atom is -0.459 e. The van der Waals surface area contributed by atoms with Crippen LogP contribution in [0.15, 0.2) is 83.4 Å². The van der Waals surface area contributed by atoms with Gasteiger partial charge in [0.15, 0.2) is 5.11 Å². The fourth-order valence-electron chi connectivity index (χ4n) is 4.29. The molecule has 5 rings (SSSR count). The fraction of sp³-hybridized carbons (Fsp3) is 0.154. The molecule has 3 heterocycles. The largest absolute Gasteiger partial charge is 0.459 e. The lowest BCUT2D eigenvalue weighted by molar-refractivity contribution is 0.439. The van der Waals surface area contributed by atoms with Gasteiger partial charge < -0.3 is 14.6 Å². The molecule has 0 aliphatic carbocycles. The Hall–Kier alpha value is -3.51. The summed E-state index contributed by atoms with van der Waals surface area (Å²) in [7, 11) is 0. The fourth-order valence-corrected chi connectivity index (χ4v) is 4.64. The van der Waals surface area contributed by atoms with Crippen molar-refractivity contribution in [1.82, 2.24) is 10.3 Å². The van der Waals surface area contributed by atoms with Gasteiger partial charge >= 0.3 is 0 Å². The third-order valence-corrected chi connectivity index (χ3v) is 5.94. The summed E-state index contributed by atoms with van der Waals surface area (Å²) in [5.41, 5.74) is 5.02. The molecule has 0 radical (unpaired) electrons. The molecular weight excluding hydrogens is 421 g/mol. The number of benzene rings is 2. The Kier molecular flexibility index (Phi) is 5.23. The van der Waals surface area contributed by atoms with Crippen molar-refractivity contribution in [2.75, 3.05) is 4.90 Å². The third-order valence-electron chi connectivity index (χ3n) is 5.63. The van der Waals surface area contributed by atoms with E-state index in [-0.39, 0.29) is 17.9 Å². The van der Waals surface area contributed by atoms with Gasteiger partial charge in [-0.05, 0) is 97.9 Å². The summed E-state index contributed by atoms with van der Waals surface area (Å²) in [6, 6.07) is 22.0. The molecule has 2 unspecified atom stereocenters. The van der Waals surface area contributed by atoms with Crippen molar-refractivity contribution in [2.24, 2.45) is 0 Å². The van der Waals surface area contributed by atoms with Gasteiger partial charge in [0.05, 0.1) is 11.7 Å². The summed E-state index contributed by atoms with van der Waals surface area (Å²) in [4.78, 5) is 6.68. The number of aromatic nitrogens is 1. The van der Waals surface area contributed by atoms with Crippen LogP contribution < -0.4 is 10.2 Å². The highest BCUT2D eigenvalue weighted by Crippen LogP contribution is 2.43. The average molecular weight is 444 g/mol. The lowest BCUT2D eigenvalue weighted by Crippen LogP contribution is -2.29. The number of rotatable bonds is 4. The Morgan fingerprint density at radius 3 is 2.41 bits per heavy atom. The maximum atomic E-state index is 13.4. The van der Waals surface area contributed by atoms with Crippen LogP contribution >= 0.6 is 12.2 Å². The highest BCUT2D eigenvalue weighted by Gasteiger charge is 2.42. The molecule has 1 aliphatic rings. The SMILES string of the molecule is Cc1cc(C)cc(N2C(=S)NC(c3ccccn3)C2c2ccc(-c3ccc(F)cc3)o2)c1. The zero-order valence-corrected chi connectivity index (χ0v) is 18.6. The number of nitrogens with one attached hydrogen (secondary N) is 1. The molecule has 0 saturated carbocycles. The van der Waals surface area contributed by atoms with Crippen LogP contribution in [0.5, 0.6) is 0 Å². The first-order valence-electron chi connectivity index (χ1n) is 10.4. The van der Waals surface area contributed by atoms with E-state index in [4.69, 9.17) is 16.6 Å². The second-order valence-electron chi connectivity index (χ2n) is 8.05. The molecule has 32 heavy (non-hydrogen) atoms. The van der Waals surface area contributed by atoms with Crippen LogP contribution in [0.3, 0.4) is 0 Å². The second kappa shape index (κ2) is 8.20. The number of aryl methyl sites for hydroxylation is 2. The maximum absolute atomic E-state index is 13.4. The zero-order chi connectivity index (χ0) is 22.2. The minimum absolute atomic E-state index is 0.184. The second-order valence-corrected chi connectivity index (χ2v) is 8.44. The number of halogens is 1. The number of hydrogen-bond donors (Lipinski definition) is 1. The molecular formula is C26H22FN3OS. The summed E-state index contributed by atoms with van der Waals surface area (Å²) in [6.45, 7) is 4.15. The van der Waals surface area contributed by atoms with E-state index in [1.807, 2.05) is 30.3 Å². The summed E-state index contributed by atoms with van der Waals surface area (Å²) < 4.78 is 19.7. The Morgan fingerprint density at radius 2 is 1.72 bits per heavy atom. The average Bonchev–Trinajstić information content (AvgIpc) is 3.39. The van der Waals surface area contributed by atoms with E-state index >= 15 is 0 Å². The minimum atomic E-state index is -0.276. The van der Waals surface area contributed by atoms with Gasteiger partial charge in [-0.15, -0.1) is 0 Å². The van der Waals surface area contributed by atoms with Crippen LogP contribution in [0.4, 0.5) is 10.1 Å². The van der Waals surface area contributed by atoms with Crippen LogP contribution in [0.1, 0.15) is 34.7 Å². The standard InChI is InChI=1S/C26H22FN3OS/c1-16-13-17(2)15-20(14-16)30-25(24(29-26(30)32)21-5-3-4-12-28-21)23-11-10-22(31-23)18-6-8-19(27)9-7-18/h3-15,24-25H,1-2H3,(H,29,32). The highest BCUT2D eigenvalue weighted by molar-refractivity contribution is 7.80. The van der Waals surface area contributed by atoms with Gasteiger partial charge in [0, 0.05) is 17.4 Å². The Morgan fingerprint density at radius 1 is 0.969 bits per heavy atom. The predicted octanol–water partition coefficient (Wildman–Crippen LogP) is 6.27. The van der Waals surface area contributed by atoms with E-state index in [1.54, 1.807) is 18.3 Å². The normalized spacial score (nSPS) is 18.1. The van der Waals surface area contributed by atoms with E-state index in [0.29, 0.717) is 10.9 Å². The molecule has 2 atom stereocenters. The van der Waals surface area contributed by atoms with Crippen LogP contribution in [0, 0.1) is 19.7 Å². The van der Waals surface area contributed by atoms with Crippen molar-refractivity contribution >= 4 is 23.0 Å². The smallest absolute Gasteiger partial charge is 0.174 e. The van der Waals surface area contributed by atoms with Crippen LogP contribution in [0.25, 0.3) is 11.3 Å². The van der Waals surface area contributed by atoms with Crippen molar-refractivity contribution in [3.63, 3.8) is 0 Å². The van der Waals surface area contributed by atoms with Crippen LogP contribution in [-0.2, 0) is 0 Å². The molecule has 160 valence electrons. The molecule has 1 aliphatic heterocycles. The Bertz CT molecular complexity index is 1250. The molecule has 1 fully saturated rings. The van der Waals surface area contributed by atoms with Crippen LogP contribution in [0.2, 0.25) is 0 Å². The van der Waals surface area contributed by atoms with Gasteiger partial charge in [-0.3, -0.25) is 4.98 Å². The van der Waals surface area contributed by atoms with Gasteiger partial charge in [-0.2, -0.15) is 0 Å². The topological polar surface area (TPSA) is 41.3 Å². The van der Waals surface area contributed by atoms with Crippen molar-refractivity contribution in [3.8, 4) is 11.3 Å². The molecule has 0 amide bonds. The van der Waals surface area contributed by atoms with Gasteiger partial charge in [0.2, 0.25) is 0 Å². The highest BCUT2D eigenvalue weighted by atomic mass is 32.1. The number of hydrogen-bond acceptors (Lipinski definition) is 3. The van der Waals surface area contributed by atoms with E-state index < -0.39 is 0 Å². The monoisotopic (exact) mass is 443 g/mol. The molecule has 2 aromatic carbocycles. The predicted molar refractivity (Wildman–Crippen MR) is 128 cm³/mol. The number of nitrogens with zero attached hydrogens (tertiary/aromatic N) is 2. The zero-order valence-electron chi connectivity index (χ0n) is 17.7. The lowest BCUT2D eigenvalue weighted by atomic mass is 10.0. The molecule has 4 nitrogen and oxygen atoms in total. The number of furan rings is 1. The summed E-state index contributed by atoms with van der Waals surface area (Å²) in [5.74, 6) is 1.16. The number of thiocarbonyl (C=S) groups is 1. The first-order chi connectivity index (χ1) is 15.5. The lowest BCUT2D eigenvalue weighted by Gasteiger charge is -2.26. The van der Waals surface area contributed by atoms with Gasteiger partial charge in [0.25, 0.3) is 0 Å². The van der Waals surface area contributed by atoms with Gasteiger partial charge in [-0.1, -0.05) is 12.1 Å². The molecule has 2 aromatic heterocycles. The van der Waals surface area contributed by atoms with Crippen molar-refractivity contribution in [3.05, 3.63) is 107 Å². The maximum Gasteiger partial charge on any atom is 0.174 e. The van der Waals surface area contributed by atoms with Crippen molar-refractivity contribution in [2.45, 2.75) is 25.9 Å². The van der Waals surface area contributed by atoms with Crippen molar-refractivity contribution < 1.29 is 8.81 Å². The molecule has 0 spiro atoms. The van der Waals surface area contributed by atoms with E-state index in [2.05, 4.69) is 47.2 Å². The first kappa shape index (κ1) is 20.4. The number of anilines is 1. The molecule has 1 N–H and O–H groups in total. The van der Waals surface area contributed by atoms with Gasteiger partial charge in [-0.25, -0.2) is 4.39 Å². The molecule has 1 saturated heterocycles. The quantitative estimate of drug-likeness (QED) is 0.376. The van der Waals surface area contributed by atoms with E-state index in [1.165, 1.54) is 12.1 Å². The molecule has 6 heteroatoms. The summed E-state index contributed by atoms with van der Waals surface area (Å²) in [5, 5.41) is 4.07. The molecule has 4 aromatic rings. The number of pyridine rings is 1. The Balaban J connectivity index is 1.61.